The average Bonchev–Trinajstić information content (AvgIpc) is 2.88. The van der Waals surface area contributed by atoms with Gasteiger partial charge in [0.25, 0.3) is 11.8 Å². The van der Waals surface area contributed by atoms with Gasteiger partial charge in [-0.1, -0.05) is 12.1 Å². The van der Waals surface area contributed by atoms with Crippen molar-refractivity contribution in [2.24, 2.45) is 0 Å². The summed E-state index contributed by atoms with van der Waals surface area (Å²) in [7, 11) is 0. The molecule has 2 heterocycles. The van der Waals surface area contributed by atoms with Gasteiger partial charge in [0.05, 0.1) is 29.9 Å². The van der Waals surface area contributed by atoms with Gasteiger partial charge in [-0.2, -0.15) is 0 Å². The number of nitrogens with zero attached hydrogens (tertiary/aromatic N) is 1. The van der Waals surface area contributed by atoms with Gasteiger partial charge < -0.3 is 4.74 Å². The minimum atomic E-state index is -0.196. The summed E-state index contributed by atoms with van der Waals surface area (Å²) >= 11 is 0. The molecule has 1 aromatic rings. The lowest BCUT2D eigenvalue weighted by Gasteiger charge is -2.18. The van der Waals surface area contributed by atoms with Crippen molar-refractivity contribution in [1.82, 2.24) is 4.90 Å². The Morgan fingerprint density at radius 3 is 2.28 bits per heavy atom. The van der Waals surface area contributed by atoms with Gasteiger partial charge in [-0.3, -0.25) is 14.5 Å². The third-order valence-electron chi connectivity index (χ3n) is 3.58. The molecule has 0 spiro atoms. The summed E-state index contributed by atoms with van der Waals surface area (Å²) in [6.07, 6.45) is 2.12. The Bertz CT molecular complexity index is 477. The molecule has 0 N–H and O–H groups in total. The first-order valence-electron chi connectivity index (χ1n) is 6.27. The Morgan fingerprint density at radius 2 is 1.78 bits per heavy atom. The monoisotopic (exact) mass is 245 g/mol. The van der Waals surface area contributed by atoms with Crippen molar-refractivity contribution in [3.8, 4) is 0 Å². The van der Waals surface area contributed by atoms with Crippen molar-refractivity contribution >= 4 is 11.8 Å². The lowest BCUT2D eigenvalue weighted by Crippen LogP contribution is -2.36. The topological polar surface area (TPSA) is 46.6 Å². The Labute approximate surface area is 106 Å². The number of benzene rings is 1. The number of rotatable bonds is 2. The van der Waals surface area contributed by atoms with E-state index in [9.17, 15) is 9.59 Å². The van der Waals surface area contributed by atoms with Crippen molar-refractivity contribution < 1.29 is 14.3 Å². The third-order valence-corrected chi connectivity index (χ3v) is 3.58. The van der Waals surface area contributed by atoms with E-state index in [1.807, 2.05) is 6.92 Å². The number of ether oxygens (including phenoxy) is 1. The second kappa shape index (κ2) is 4.21. The number of carbonyl (C=O) groups excluding carboxylic acids is 2. The van der Waals surface area contributed by atoms with Gasteiger partial charge in [-0.15, -0.1) is 0 Å². The molecule has 2 atom stereocenters. The Hall–Kier alpha value is -1.68. The highest BCUT2D eigenvalue weighted by Crippen LogP contribution is 2.26. The molecular weight excluding hydrogens is 230 g/mol. The van der Waals surface area contributed by atoms with E-state index in [4.69, 9.17) is 4.74 Å². The number of amides is 2. The van der Waals surface area contributed by atoms with Crippen molar-refractivity contribution in [3.05, 3.63) is 35.4 Å². The Morgan fingerprint density at radius 1 is 1.17 bits per heavy atom. The van der Waals surface area contributed by atoms with Crippen molar-refractivity contribution in [3.63, 3.8) is 0 Å². The maximum Gasteiger partial charge on any atom is 0.261 e. The maximum atomic E-state index is 12.1. The fourth-order valence-corrected chi connectivity index (χ4v) is 2.63. The molecule has 0 aromatic heterocycles. The summed E-state index contributed by atoms with van der Waals surface area (Å²) in [5.74, 6) is -0.391. The molecule has 18 heavy (non-hydrogen) atoms. The van der Waals surface area contributed by atoms with Gasteiger partial charge in [0.2, 0.25) is 0 Å². The fourth-order valence-electron chi connectivity index (χ4n) is 2.63. The maximum absolute atomic E-state index is 12.1. The molecule has 1 saturated heterocycles. The molecule has 2 amide bonds. The molecule has 1 aromatic carbocycles. The third kappa shape index (κ3) is 1.73. The van der Waals surface area contributed by atoms with E-state index in [-0.39, 0.29) is 24.0 Å². The van der Waals surface area contributed by atoms with Crippen LogP contribution in [0.5, 0.6) is 0 Å². The molecule has 3 rings (SSSR count). The van der Waals surface area contributed by atoms with Crippen LogP contribution in [0.15, 0.2) is 24.3 Å². The molecular formula is C14H15NO3. The quantitative estimate of drug-likeness (QED) is 0.747. The first-order valence-corrected chi connectivity index (χ1v) is 6.27. The smallest absolute Gasteiger partial charge is 0.261 e. The van der Waals surface area contributed by atoms with Crippen LogP contribution >= 0.6 is 0 Å². The van der Waals surface area contributed by atoms with E-state index in [0.29, 0.717) is 17.7 Å². The van der Waals surface area contributed by atoms with Gasteiger partial charge >= 0.3 is 0 Å². The van der Waals surface area contributed by atoms with E-state index in [1.54, 1.807) is 24.3 Å². The van der Waals surface area contributed by atoms with Crippen LogP contribution in [0.2, 0.25) is 0 Å². The van der Waals surface area contributed by atoms with Gasteiger partial charge in [-0.05, 0) is 31.9 Å². The summed E-state index contributed by atoms with van der Waals surface area (Å²) in [4.78, 5) is 25.6. The van der Waals surface area contributed by atoms with E-state index in [2.05, 4.69) is 0 Å². The highest BCUT2D eigenvalue weighted by molar-refractivity contribution is 6.21. The second-order valence-corrected chi connectivity index (χ2v) is 4.91. The van der Waals surface area contributed by atoms with Crippen LogP contribution in [0, 0.1) is 0 Å². The van der Waals surface area contributed by atoms with E-state index < -0.39 is 0 Å². The highest BCUT2D eigenvalue weighted by Gasteiger charge is 2.37. The van der Waals surface area contributed by atoms with Crippen LogP contribution in [-0.2, 0) is 4.74 Å². The van der Waals surface area contributed by atoms with Crippen LogP contribution < -0.4 is 0 Å². The molecule has 0 bridgehead atoms. The molecule has 94 valence electrons. The predicted octanol–water partition coefficient (Wildman–Crippen LogP) is 1.85. The van der Waals surface area contributed by atoms with Crippen molar-refractivity contribution in [1.29, 1.82) is 0 Å². The summed E-state index contributed by atoms with van der Waals surface area (Å²) in [6.45, 7) is 2.39. The Kier molecular flexibility index (Phi) is 2.67. The van der Waals surface area contributed by atoms with Crippen LogP contribution in [0.1, 0.15) is 40.5 Å². The molecule has 4 heteroatoms. The predicted molar refractivity (Wildman–Crippen MR) is 65.4 cm³/mol. The van der Waals surface area contributed by atoms with Gasteiger partial charge in [0, 0.05) is 0 Å². The minimum absolute atomic E-state index is 0.0118. The largest absolute Gasteiger partial charge is 0.373 e. The molecule has 1 fully saturated rings. The summed E-state index contributed by atoms with van der Waals surface area (Å²) in [5.41, 5.74) is 1.02. The first kappa shape index (κ1) is 11.4. The number of hydrogen-bond donors (Lipinski definition) is 0. The van der Waals surface area contributed by atoms with E-state index in [0.717, 1.165) is 12.8 Å². The highest BCUT2D eigenvalue weighted by atomic mass is 16.5. The summed E-state index contributed by atoms with van der Waals surface area (Å²) < 4.78 is 5.67. The summed E-state index contributed by atoms with van der Waals surface area (Å²) in [6, 6.07) is 6.96. The molecule has 2 aliphatic rings. The van der Waals surface area contributed by atoms with Crippen LogP contribution in [0.4, 0.5) is 0 Å². The fraction of sp³-hybridized carbons (Fsp3) is 0.429. The van der Waals surface area contributed by atoms with Gasteiger partial charge in [0.15, 0.2) is 0 Å². The number of imide groups is 1. The molecule has 2 aliphatic heterocycles. The summed E-state index contributed by atoms with van der Waals surface area (Å²) in [5, 5.41) is 0. The molecule has 4 nitrogen and oxygen atoms in total. The molecule has 0 radical (unpaired) electrons. The second-order valence-electron chi connectivity index (χ2n) is 4.91. The van der Waals surface area contributed by atoms with E-state index >= 15 is 0 Å². The molecule has 2 unspecified atom stereocenters. The Balaban J connectivity index is 1.80. The average molecular weight is 245 g/mol. The number of fused-ring (bicyclic) bond motifs is 1. The van der Waals surface area contributed by atoms with Gasteiger partial charge in [0.1, 0.15) is 0 Å². The van der Waals surface area contributed by atoms with Crippen LogP contribution in [0.25, 0.3) is 0 Å². The molecule has 0 saturated carbocycles. The van der Waals surface area contributed by atoms with Crippen molar-refractivity contribution in [2.45, 2.75) is 32.0 Å². The SMILES string of the molecule is CC1CCC(CN2C(=O)c3ccccc3C2=O)O1. The number of carbonyl (C=O) groups is 2. The lowest BCUT2D eigenvalue weighted by molar-refractivity contribution is 0.0282. The standard InChI is InChI=1S/C14H15NO3/c1-9-6-7-10(18-9)8-15-13(16)11-4-2-3-5-12(11)14(15)17/h2-5,9-10H,6-8H2,1H3. The minimum Gasteiger partial charge on any atom is -0.373 e. The van der Waals surface area contributed by atoms with Crippen LogP contribution in [-0.4, -0.2) is 35.5 Å². The lowest BCUT2D eigenvalue weighted by atomic mass is 10.1. The zero-order chi connectivity index (χ0) is 12.7. The number of hydrogen-bond acceptors (Lipinski definition) is 3. The van der Waals surface area contributed by atoms with Gasteiger partial charge in [-0.25, -0.2) is 0 Å². The zero-order valence-corrected chi connectivity index (χ0v) is 10.3. The first-order chi connectivity index (χ1) is 8.66. The zero-order valence-electron chi connectivity index (χ0n) is 10.3. The normalized spacial score (nSPS) is 26.8. The van der Waals surface area contributed by atoms with Crippen molar-refractivity contribution in [2.75, 3.05) is 6.54 Å². The van der Waals surface area contributed by atoms with E-state index in [1.165, 1.54) is 4.90 Å². The van der Waals surface area contributed by atoms with Crippen LogP contribution in [0.3, 0.4) is 0 Å². The molecule has 0 aliphatic carbocycles.